The summed E-state index contributed by atoms with van der Waals surface area (Å²) in [5.41, 5.74) is 6.17. The Bertz CT molecular complexity index is 658. The van der Waals surface area contributed by atoms with Crippen LogP contribution >= 0.6 is 0 Å². The minimum atomic E-state index is -4.68. The van der Waals surface area contributed by atoms with Gasteiger partial charge in [0.2, 0.25) is 11.6 Å². The van der Waals surface area contributed by atoms with Gasteiger partial charge in [-0.15, -0.1) is 0 Å². The maximum atomic E-state index is 12.5. The molecule has 0 unspecified atom stereocenters. The van der Waals surface area contributed by atoms with Gasteiger partial charge in [-0.25, -0.2) is 0 Å². The van der Waals surface area contributed by atoms with Crippen LogP contribution in [0.2, 0.25) is 0 Å². The number of nitrogen functional groups attached to an aromatic ring is 1. The standard InChI is InChI=1S/C14H13F3N2O2/c1-19(2)9-5-3-8(4-6-9)12(20)10-7-11(14(15,16)17)21-13(10)18/h3-7H,18H2,1-2H3. The molecule has 0 bridgehead atoms. The Morgan fingerprint density at radius 1 is 1.19 bits per heavy atom. The van der Waals surface area contributed by atoms with Crippen molar-refractivity contribution in [2.45, 2.75) is 6.18 Å². The first kappa shape index (κ1) is 15.0. The fraction of sp³-hybridized carbons (Fsp3) is 0.214. The molecule has 4 nitrogen and oxygen atoms in total. The average molecular weight is 298 g/mol. The van der Waals surface area contributed by atoms with Crippen LogP contribution in [0.4, 0.5) is 24.7 Å². The Morgan fingerprint density at radius 3 is 2.19 bits per heavy atom. The first-order valence-corrected chi connectivity index (χ1v) is 5.98. The summed E-state index contributed by atoms with van der Waals surface area (Å²) < 4.78 is 42.0. The summed E-state index contributed by atoms with van der Waals surface area (Å²) in [5, 5.41) is 0. The van der Waals surface area contributed by atoms with E-state index in [1.54, 1.807) is 12.1 Å². The fourth-order valence-corrected chi connectivity index (χ4v) is 1.79. The van der Waals surface area contributed by atoms with Crippen LogP contribution in [0.3, 0.4) is 0 Å². The first-order chi connectivity index (χ1) is 9.70. The smallest absolute Gasteiger partial charge is 0.436 e. The Morgan fingerprint density at radius 2 is 1.76 bits per heavy atom. The maximum absolute atomic E-state index is 12.5. The molecule has 2 rings (SSSR count). The van der Waals surface area contributed by atoms with E-state index in [9.17, 15) is 18.0 Å². The number of ketones is 1. The van der Waals surface area contributed by atoms with Crippen LogP contribution < -0.4 is 10.6 Å². The molecular weight excluding hydrogens is 285 g/mol. The van der Waals surface area contributed by atoms with Crippen molar-refractivity contribution < 1.29 is 22.4 Å². The van der Waals surface area contributed by atoms with E-state index in [0.29, 0.717) is 6.07 Å². The van der Waals surface area contributed by atoms with Crippen LogP contribution in [0.25, 0.3) is 0 Å². The third-order valence-electron chi connectivity index (χ3n) is 2.93. The molecule has 2 N–H and O–H groups in total. The highest BCUT2D eigenvalue weighted by molar-refractivity contribution is 6.11. The number of carbonyl (C=O) groups excluding carboxylic acids is 1. The van der Waals surface area contributed by atoms with Crippen molar-refractivity contribution in [3.8, 4) is 0 Å². The number of furan rings is 1. The number of anilines is 2. The second-order valence-corrected chi connectivity index (χ2v) is 4.66. The van der Waals surface area contributed by atoms with Gasteiger partial charge in [-0.2, -0.15) is 13.2 Å². The minimum Gasteiger partial charge on any atom is -0.436 e. The topological polar surface area (TPSA) is 59.5 Å². The zero-order valence-electron chi connectivity index (χ0n) is 11.4. The highest BCUT2D eigenvalue weighted by Gasteiger charge is 2.37. The molecule has 0 aliphatic rings. The average Bonchev–Trinajstić information content (AvgIpc) is 2.80. The molecule has 1 heterocycles. The van der Waals surface area contributed by atoms with E-state index in [2.05, 4.69) is 4.42 Å². The molecule has 0 saturated heterocycles. The number of benzene rings is 1. The molecule has 1 aromatic carbocycles. The lowest BCUT2D eigenvalue weighted by Crippen LogP contribution is -2.09. The molecule has 0 aliphatic carbocycles. The Labute approximate surface area is 119 Å². The molecule has 0 saturated carbocycles. The van der Waals surface area contributed by atoms with Crippen molar-refractivity contribution in [1.82, 2.24) is 0 Å². The van der Waals surface area contributed by atoms with Crippen molar-refractivity contribution in [2.24, 2.45) is 0 Å². The Balaban J connectivity index is 2.34. The number of alkyl halides is 3. The van der Waals surface area contributed by atoms with Crippen LogP contribution in [-0.2, 0) is 6.18 Å². The van der Waals surface area contributed by atoms with Gasteiger partial charge in [-0.3, -0.25) is 4.79 Å². The largest absolute Gasteiger partial charge is 0.449 e. The SMILES string of the molecule is CN(C)c1ccc(C(=O)c2cc(C(F)(F)F)oc2N)cc1. The zero-order valence-corrected chi connectivity index (χ0v) is 11.4. The molecule has 0 radical (unpaired) electrons. The molecule has 0 spiro atoms. The van der Waals surface area contributed by atoms with Crippen molar-refractivity contribution in [3.05, 3.63) is 47.2 Å². The second kappa shape index (κ2) is 5.16. The lowest BCUT2D eigenvalue weighted by molar-refractivity contribution is -0.152. The number of carbonyl (C=O) groups is 1. The fourth-order valence-electron chi connectivity index (χ4n) is 1.79. The van der Waals surface area contributed by atoms with Crippen molar-refractivity contribution in [3.63, 3.8) is 0 Å². The highest BCUT2D eigenvalue weighted by atomic mass is 19.4. The van der Waals surface area contributed by atoms with Crippen molar-refractivity contribution >= 4 is 17.4 Å². The monoisotopic (exact) mass is 298 g/mol. The van der Waals surface area contributed by atoms with Gasteiger partial charge in [0.25, 0.3) is 0 Å². The number of nitrogens with two attached hydrogens (primary N) is 1. The van der Waals surface area contributed by atoms with E-state index >= 15 is 0 Å². The lowest BCUT2D eigenvalue weighted by atomic mass is 10.0. The molecule has 21 heavy (non-hydrogen) atoms. The predicted molar refractivity (Wildman–Crippen MR) is 72.3 cm³/mol. The van der Waals surface area contributed by atoms with E-state index in [4.69, 9.17) is 5.73 Å². The number of rotatable bonds is 3. The normalized spacial score (nSPS) is 11.5. The predicted octanol–water partition coefficient (Wildman–Crippen LogP) is 3.18. The Kier molecular flexibility index (Phi) is 3.67. The number of halogens is 3. The quantitative estimate of drug-likeness (QED) is 0.884. The van der Waals surface area contributed by atoms with Crippen LogP contribution in [0.15, 0.2) is 34.7 Å². The van der Waals surface area contributed by atoms with Gasteiger partial charge in [0.1, 0.15) is 0 Å². The van der Waals surface area contributed by atoms with Gasteiger partial charge in [0.15, 0.2) is 5.78 Å². The second-order valence-electron chi connectivity index (χ2n) is 4.66. The third-order valence-corrected chi connectivity index (χ3v) is 2.93. The highest BCUT2D eigenvalue weighted by Crippen LogP contribution is 2.34. The van der Waals surface area contributed by atoms with Crippen LogP contribution in [-0.4, -0.2) is 19.9 Å². The first-order valence-electron chi connectivity index (χ1n) is 5.98. The van der Waals surface area contributed by atoms with E-state index in [1.807, 2.05) is 19.0 Å². The van der Waals surface area contributed by atoms with E-state index in [0.717, 1.165) is 5.69 Å². The van der Waals surface area contributed by atoms with Gasteiger partial charge >= 0.3 is 6.18 Å². The van der Waals surface area contributed by atoms with Crippen molar-refractivity contribution in [2.75, 3.05) is 24.7 Å². The van der Waals surface area contributed by atoms with Crippen LogP contribution in [0.1, 0.15) is 21.7 Å². The summed E-state index contributed by atoms with van der Waals surface area (Å²) >= 11 is 0. The molecule has 0 amide bonds. The van der Waals surface area contributed by atoms with Gasteiger partial charge in [0, 0.05) is 31.4 Å². The lowest BCUT2D eigenvalue weighted by Gasteiger charge is -2.12. The molecule has 1 aromatic heterocycles. The summed E-state index contributed by atoms with van der Waals surface area (Å²) in [6, 6.07) is 7.05. The van der Waals surface area contributed by atoms with Crippen molar-refractivity contribution in [1.29, 1.82) is 0 Å². The maximum Gasteiger partial charge on any atom is 0.449 e. The molecule has 0 atom stereocenters. The molecule has 7 heteroatoms. The van der Waals surface area contributed by atoms with E-state index in [1.165, 1.54) is 12.1 Å². The van der Waals surface area contributed by atoms with Gasteiger partial charge in [0.05, 0.1) is 5.56 Å². The summed E-state index contributed by atoms with van der Waals surface area (Å²) in [4.78, 5) is 14.0. The summed E-state index contributed by atoms with van der Waals surface area (Å²) in [7, 11) is 3.67. The zero-order chi connectivity index (χ0) is 15.8. The molecule has 2 aromatic rings. The number of hydrogen-bond acceptors (Lipinski definition) is 4. The van der Waals surface area contributed by atoms with E-state index < -0.39 is 23.6 Å². The number of nitrogens with zero attached hydrogens (tertiary/aromatic N) is 1. The summed E-state index contributed by atoms with van der Waals surface area (Å²) in [6.45, 7) is 0. The van der Waals surface area contributed by atoms with Crippen LogP contribution in [0, 0.1) is 0 Å². The van der Waals surface area contributed by atoms with Crippen LogP contribution in [0.5, 0.6) is 0 Å². The summed E-state index contributed by atoms with van der Waals surface area (Å²) in [5.74, 6) is -2.44. The van der Waals surface area contributed by atoms with Gasteiger partial charge in [-0.05, 0) is 24.3 Å². The Hall–Kier alpha value is -2.44. The molecular formula is C14H13F3N2O2. The van der Waals surface area contributed by atoms with Gasteiger partial charge < -0.3 is 15.1 Å². The molecule has 0 fully saturated rings. The van der Waals surface area contributed by atoms with E-state index in [-0.39, 0.29) is 11.1 Å². The molecule has 112 valence electrons. The minimum absolute atomic E-state index is 0.238. The molecule has 0 aliphatic heterocycles. The summed E-state index contributed by atoms with van der Waals surface area (Å²) in [6.07, 6.45) is -4.68. The van der Waals surface area contributed by atoms with Gasteiger partial charge in [-0.1, -0.05) is 0 Å². The number of hydrogen-bond donors (Lipinski definition) is 1. The third kappa shape index (κ3) is 3.01.